The zero-order valence-electron chi connectivity index (χ0n) is 13.1. The molecule has 0 aliphatic carbocycles. The summed E-state index contributed by atoms with van der Waals surface area (Å²) in [4.78, 5) is 2.66. The van der Waals surface area contributed by atoms with Crippen molar-refractivity contribution in [3.63, 3.8) is 0 Å². The summed E-state index contributed by atoms with van der Waals surface area (Å²) in [6.45, 7) is 14.7. The molecule has 3 heteroatoms. The van der Waals surface area contributed by atoms with Crippen LogP contribution in [0.25, 0.3) is 0 Å². The van der Waals surface area contributed by atoms with Crippen LogP contribution in [0.15, 0.2) is 0 Å². The normalized spacial score (nSPS) is 26.8. The minimum Gasteiger partial charge on any atom is -0.379 e. The largest absolute Gasteiger partial charge is 0.379 e. The molecular formula is C15H32N2O. The standard InChI is InChI=1S/C15H32N2O/c1-7-13-11-17(9-8-15(4,5)18-6)14(10-16-13)12(2)3/h12-14,16H,7-11H2,1-6H3. The van der Waals surface area contributed by atoms with Gasteiger partial charge in [0.2, 0.25) is 0 Å². The Morgan fingerprint density at radius 2 is 2.06 bits per heavy atom. The quantitative estimate of drug-likeness (QED) is 0.790. The Labute approximate surface area is 113 Å². The Bertz CT molecular complexity index is 241. The van der Waals surface area contributed by atoms with Crippen molar-refractivity contribution in [3.05, 3.63) is 0 Å². The highest BCUT2D eigenvalue weighted by atomic mass is 16.5. The van der Waals surface area contributed by atoms with E-state index in [0.29, 0.717) is 18.0 Å². The molecule has 1 N–H and O–H groups in total. The van der Waals surface area contributed by atoms with Crippen LogP contribution in [0, 0.1) is 5.92 Å². The van der Waals surface area contributed by atoms with E-state index in [2.05, 4.69) is 44.8 Å². The van der Waals surface area contributed by atoms with Crippen molar-refractivity contribution in [1.29, 1.82) is 0 Å². The second-order valence-electron chi connectivity index (χ2n) is 6.53. The number of rotatable bonds is 6. The molecule has 0 aromatic carbocycles. The van der Waals surface area contributed by atoms with Crippen LogP contribution in [0.4, 0.5) is 0 Å². The average molecular weight is 256 g/mol. The lowest BCUT2D eigenvalue weighted by Gasteiger charge is -2.43. The maximum atomic E-state index is 5.54. The summed E-state index contributed by atoms with van der Waals surface area (Å²) >= 11 is 0. The van der Waals surface area contributed by atoms with Crippen LogP contribution in [-0.4, -0.2) is 49.3 Å². The molecule has 1 aliphatic rings. The molecule has 3 nitrogen and oxygen atoms in total. The number of hydrogen-bond donors (Lipinski definition) is 1. The molecule has 0 amide bonds. The number of nitrogens with zero attached hydrogens (tertiary/aromatic N) is 1. The molecular weight excluding hydrogens is 224 g/mol. The van der Waals surface area contributed by atoms with Crippen molar-refractivity contribution < 1.29 is 4.74 Å². The highest BCUT2D eigenvalue weighted by Crippen LogP contribution is 2.20. The highest BCUT2D eigenvalue weighted by molar-refractivity contribution is 4.88. The van der Waals surface area contributed by atoms with Gasteiger partial charge < -0.3 is 10.1 Å². The molecule has 1 aliphatic heterocycles. The minimum absolute atomic E-state index is 0.00584. The molecule has 1 heterocycles. The van der Waals surface area contributed by atoms with Gasteiger partial charge in [0.05, 0.1) is 5.60 Å². The Kier molecular flexibility index (Phi) is 6.09. The molecule has 1 fully saturated rings. The first-order valence-corrected chi connectivity index (χ1v) is 7.42. The third kappa shape index (κ3) is 4.52. The van der Waals surface area contributed by atoms with Gasteiger partial charge in [0.25, 0.3) is 0 Å². The Balaban J connectivity index is 2.56. The molecule has 0 saturated carbocycles. The minimum atomic E-state index is -0.00584. The van der Waals surface area contributed by atoms with E-state index in [0.717, 1.165) is 19.5 Å². The number of nitrogens with one attached hydrogen (secondary N) is 1. The Hall–Kier alpha value is -0.120. The fraction of sp³-hybridized carbons (Fsp3) is 1.00. The molecule has 1 rings (SSSR count). The zero-order valence-corrected chi connectivity index (χ0v) is 13.1. The van der Waals surface area contributed by atoms with Gasteiger partial charge in [-0.3, -0.25) is 4.90 Å². The van der Waals surface area contributed by atoms with Crippen LogP contribution < -0.4 is 5.32 Å². The molecule has 1 saturated heterocycles. The van der Waals surface area contributed by atoms with E-state index in [1.165, 1.54) is 13.0 Å². The molecule has 2 atom stereocenters. The molecule has 0 spiro atoms. The second kappa shape index (κ2) is 6.88. The number of piperazine rings is 1. The lowest BCUT2D eigenvalue weighted by atomic mass is 9.96. The van der Waals surface area contributed by atoms with E-state index in [-0.39, 0.29) is 5.60 Å². The number of hydrogen-bond acceptors (Lipinski definition) is 3. The first-order chi connectivity index (χ1) is 8.39. The Morgan fingerprint density at radius 1 is 1.39 bits per heavy atom. The van der Waals surface area contributed by atoms with E-state index >= 15 is 0 Å². The maximum absolute atomic E-state index is 5.54. The number of ether oxygens (including phenoxy) is 1. The summed E-state index contributed by atoms with van der Waals surface area (Å²) < 4.78 is 5.54. The fourth-order valence-corrected chi connectivity index (χ4v) is 2.60. The van der Waals surface area contributed by atoms with E-state index in [1.54, 1.807) is 0 Å². The van der Waals surface area contributed by atoms with Crippen LogP contribution in [0.2, 0.25) is 0 Å². The van der Waals surface area contributed by atoms with Crippen molar-refractivity contribution >= 4 is 0 Å². The van der Waals surface area contributed by atoms with Crippen LogP contribution in [-0.2, 0) is 4.74 Å². The predicted molar refractivity (Wildman–Crippen MR) is 78.0 cm³/mol. The molecule has 108 valence electrons. The molecule has 0 aromatic rings. The summed E-state index contributed by atoms with van der Waals surface area (Å²) in [5.74, 6) is 0.709. The molecule has 0 radical (unpaired) electrons. The van der Waals surface area contributed by atoms with Crippen molar-refractivity contribution in [2.45, 2.75) is 65.1 Å². The summed E-state index contributed by atoms with van der Waals surface area (Å²) in [5.41, 5.74) is -0.00584. The molecule has 18 heavy (non-hydrogen) atoms. The second-order valence-corrected chi connectivity index (χ2v) is 6.53. The summed E-state index contributed by atoms with van der Waals surface area (Å²) in [6.07, 6.45) is 2.32. The van der Waals surface area contributed by atoms with Gasteiger partial charge in [-0.1, -0.05) is 20.8 Å². The van der Waals surface area contributed by atoms with Crippen molar-refractivity contribution in [3.8, 4) is 0 Å². The highest BCUT2D eigenvalue weighted by Gasteiger charge is 2.30. The van der Waals surface area contributed by atoms with Gasteiger partial charge in [-0.15, -0.1) is 0 Å². The molecule has 0 aromatic heterocycles. The SMILES string of the molecule is CCC1CN(CCC(C)(C)OC)C(C(C)C)CN1. The first-order valence-electron chi connectivity index (χ1n) is 7.42. The maximum Gasteiger partial charge on any atom is 0.0634 e. The number of methoxy groups -OCH3 is 1. The van der Waals surface area contributed by atoms with Gasteiger partial charge in [-0.2, -0.15) is 0 Å². The van der Waals surface area contributed by atoms with Crippen LogP contribution in [0.1, 0.15) is 47.5 Å². The van der Waals surface area contributed by atoms with E-state index in [1.807, 2.05) is 7.11 Å². The van der Waals surface area contributed by atoms with Gasteiger partial charge in [0.15, 0.2) is 0 Å². The van der Waals surface area contributed by atoms with Crippen molar-refractivity contribution in [2.24, 2.45) is 5.92 Å². The van der Waals surface area contributed by atoms with Gasteiger partial charge in [-0.05, 0) is 32.6 Å². The monoisotopic (exact) mass is 256 g/mol. The van der Waals surface area contributed by atoms with E-state index < -0.39 is 0 Å². The van der Waals surface area contributed by atoms with Crippen LogP contribution in [0.3, 0.4) is 0 Å². The lowest BCUT2D eigenvalue weighted by Crippen LogP contribution is -2.58. The Morgan fingerprint density at radius 3 is 2.56 bits per heavy atom. The van der Waals surface area contributed by atoms with Crippen LogP contribution >= 0.6 is 0 Å². The fourth-order valence-electron chi connectivity index (χ4n) is 2.60. The summed E-state index contributed by atoms with van der Waals surface area (Å²) in [7, 11) is 1.81. The smallest absolute Gasteiger partial charge is 0.0634 e. The molecule has 0 bridgehead atoms. The third-order valence-electron chi connectivity index (χ3n) is 4.36. The van der Waals surface area contributed by atoms with Crippen molar-refractivity contribution in [2.75, 3.05) is 26.7 Å². The zero-order chi connectivity index (χ0) is 13.8. The first kappa shape index (κ1) is 15.9. The van der Waals surface area contributed by atoms with Gasteiger partial charge in [0, 0.05) is 38.8 Å². The van der Waals surface area contributed by atoms with Gasteiger partial charge in [0.1, 0.15) is 0 Å². The lowest BCUT2D eigenvalue weighted by molar-refractivity contribution is -0.00386. The van der Waals surface area contributed by atoms with Crippen LogP contribution in [0.5, 0.6) is 0 Å². The van der Waals surface area contributed by atoms with E-state index in [4.69, 9.17) is 4.74 Å². The van der Waals surface area contributed by atoms with Gasteiger partial charge >= 0.3 is 0 Å². The van der Waals surface area contributed by atoms with E-state index in [9.17, 15) is 0 Å². The average Bonchev–Trinajstić information content (AvgIpc) is 2.36. The summed E-state index contributed by atoms with van der Waals surface area (Å²) in [6, 6.07) is 1.33. The summed E-state index contributed by atoms with van der Waals surface area (Å²) in [5, 5.41) is 3.67. The van der Waals surface area contributed by atoms with Crippen molar-refractivity contribution in [1.82, 2.24) is 10.2 Å². The third-order valence-corrected chi connectivity index (χ3v) is 4.36. The molecule has 2 unspecified atom stereocenters. The predicted octanol–water partition coefficient (Wildman–Crippen LogP) is 2.51. The topological polar surface area (TPSA) is 24.5 Å². The van der Waals surface area contributed by atoms with Gasteiger partial charge in [-0.25, -0.2) is 0 Å².